The van der Waals surface area contributed by atoms with Crippen molar-refractivity contribution in [1.29, 1.82) is 0 Å². The zero-order chi connectivity index (χ0) is 8.77. The summed E-state index contributed by atoms with van der Waals surface area (Å²) in [7, 11) is 0. The predicted molar refractivity (Wildman–Crippen MR) is 49.1 cm³/mol. The van der Waals surface area contributed by atoms with E-state index in [-0.39, 0.29) is 5.41 Å². The van der Waals surface area contributed by atoms with Crippen LogP contribution in [0.5, 0.6) is 0 Å². The highest BCUT2D eigenvalue weighted by Crippen LogP contribution is 2.57. The van der Waals surface area contributed by atoms with Gasteiger partial charge in [0.25, 0.3) is 0 Å². The van der Waals surface area contributed by atoms with Gasteiger partial charge in [0.15, 0.2) is 0 Å². The fourth-order valence-electron chi connectivity index (χ4n) is 2.31. The van der Waals surface area contributed by atoms with Gasteiger partial charge in [0, 0.05) is 30.1 Å². The quantitative estimate of drug-likeness (QED) is 0.714. The molecule has 1 saturated heterocycles. The van der Waals surface area contributed by atoms with Gasteiger partial charge in [0.1, 0.15) is 0 Å². The number of hydrogen-bond acceptors (Lipinski definition) is 2. The summed E-state index contributed by atoms with van der Waals surface area (Å²) in [5, 5.41) is 9.84. The number of likely N-dealkylation sites (tertiary alicyclic amines) is 1. The Balaban J connectivity index is 1.89. The SMILES string of the molecule is C=C(Cl)CN1CC2CC2(CO)C1. The molecule has 2 atom stereocenters. The highest BCUT2D eigenvalue weighted by atomic mass is 35.5. The molecule has 68 valence electrons. The molecule has 2 rings (SSSR count). The van der Waals surface area contributed by atoms with Crippen molar-refractivity contribution in [3.63, 3.8) is 0 Å². The number of halogens is 1. The molecule has 1 heterocycles. The van der Waals surface area contributed by atoms with Crippen molar-refractivity contribution in [2.24, 2.45) is 11.3 Å². The molecule has 3 heteroatoms. The summed E-state index contributed by atoms with van der Waals surface area (Å²) in [6.07, 6.45) is 1.20. The Morgan fingerprint density at radius 1 is 1.75 bits per heavy atom. The van der Waals surface area contributed by atoms with Crippen LogP contribution in [0.2, 0.25) is 0 Å². The van der Waals surface area contributed by atoms with Crippen molar-refractivity contribution < 1.29 is 5.11 Å². The van der Waals surface area contributed by atoms with Crippen molar-refractivity contribution >= 4 is 11.6 Å². The van der Waals surface area contributed by atoms with Gasteiger partial charge in [-0.25, -0.2) is 0 Å². The lowest BCUT2D eigenvalue weighted by molar-refractivity contribution is 0.191. The van der Waals surface area contributed by atoms with Crippen LogP contribution in [0.25, 0.3) is 0 Å². The second-order valence-corrected chi connectivity index (χ2v) is 4.64. The topological polar surface area (TPSA) is 23.5 Å². The summed E-state index contributed by atoms with van der Waals surface area (Å²) < 4.78 is 0. The maximum Gasteiger partial charge on any atom is 0.0502 e. The average molecular weight is 188 g/mol. The Kier molecular flexibility index (Phi) is 1.94. The van der Waals surface area contributed by atoms with E-state index >= 15 is 0 Å². The number of piperidine rings is 1. The summed E-state index contributed by atoms with van der Waals surface area (Å²) >= 11 is 5.71. The van der Waals surface area contributed by atoms with Crippen LogP contribution in [0.4, 0.5) is 0 Å². The van der Waals surface area contributed by atoms with Gasteiger partial charge >= 0.3 is 0 Å². The largest absolute Gasteiger partial charge is 0.396 e. The minimum absolute atomic E-state index is 0.242. The zero-order valence-electron chi connectivity index (χ0n) is 7.09. The molecule has 0 aromatic heterocycles. The van der Waals surface area contributed by atoms with Crippen LogP contribution in [0.15, 0.2) is 11.6 Å². The standard InChI is InChI=1S/C9H14ClNO/c1-7(10)3-11-4-8-2-9(8,5-11)6-12/h8,12H,1-6H2. The summed E-state index contributed by atoms with van der Waals surface area (Å²) in [4.78, 5) is 2.28. The van der Waals surface area contributed by atoms with E-state index in [2.05, 4.69) is 11.5 Å². The molecule has 0 aromatic carbocycles. The molecular formula is C9H14ClNO. The van der Waals surface area contributed by atoms with E-state index in [1.54, 1.807) is 0 Å². The molecule has 1 N–H and O–H groups in total. The maximum absolute atomic E-state index is 9.14. The molecule has 0 bridgehead atoms. The fourth-order valence-corrected chi connectivity index (χ4v) is 2.48. The number of rotatable bonds is 3. The molecule has 12 heavy (non-hydrogen) atoms. The van der Waals surface area contributed by atoms with Crippen LogP contribution in [0.1, 0.15) is 6.42 Å². The Morgan fingerprint density at radius 2 is 2.50 bits per heavy atom. The van der Waals surface area contributed by atoms with Crippen molar-refractivity contribution in [2.75, 3.05) is 26.2 Å². The van der Waals surface area contributed by atoms with E-state index in [1.807, 2.05) is 0 Å². The minimum Gasteiger partial charge on any atom is -0.396 e. The number of fused-ring (bicyclic) bond motifs is 1. The van der Waals surface area contributed by atoms with Crippen molar-refractivity contribution in [3.05, 3.63) is 11.6 Å². The molecule has 2 aliphatic rings. The number of hydrogen-bond donors (Lipinski definition) is 1. The molecule has 1 aliphatic carbocycles. The van der Waals surface area contributed by atoms with E-state index < -0.39 is 0 Å². The lowest BCUT2D eigenvalue weighted by Gasteiger charge is -2.18. The second-order valence-electron chi connectivity index (χ2n) is 4.11. The first-order valence-electron chi connectivity index (χ1n) is 4.33. The lowest BCUT2D eigenvalue weighted by Crippen LogP contribution is -2.27. The fraction of sp³-hybridized carbons (Fsp3) is 0.778. The third-order valence-electron chi connectivity index (χ3n) is 3.09. The molecule has 1 saturated carbocycles. The molecule has 1 aliphatic heterocycles. The molecule has 0 aromatic rings. The molecule has 0 radical (unpaired) electrons. The number of aliphatic hydroxyl groups is 1. The van der Waals surface area contributed by atoms with Crippen molar-refractivity contribution in [3.8, 4) is 0 Å². The van der Waals surface area contributed by atoms with Crippen LogP contribution in [0.3, 0.4) is 0 Å². The number of aliphatic hydroxyl groups excluding tert-OH is 1. The molecule has 2 fully saturated rings. The summed E-state index contributed by atoms with van der Waals surface area (Å²) in [6, 6.07) is 0. The second kappa shape index (κ2) is 2.72. The maximum atomic E-state index is 9.14. The summed E-state index contributed by atoms with van der Waals surface area (Å²) in [5.74, 6) is 0.721. The summed E-state index contributed by atoms with van der Waals surface area (Å²) in [6.45, 7) is 6.87. The first-order chi connectivity index (χ1) is 5.66. The Labute approximate surface area is 77.8 Å². The van der Waals surface area contributed by atoms with Gasteiger partial charge in [-0.2, -0.15) is 0 Å². The van der Waals surface area contributed by atoms with E-state index in [9.17, 15) is 0 Å². The van der Waals surface area contributed by atoms with Gasteiger partial charge in [-0.15, -0.1) is 0 Å². The zero-order valence-corrected chi connectivity index (χ0v) is 7.85. The molecule has 2 unspecified atom stereocenters. The van der Waals surface area contributed by atoms with E-state index in [0.29, 0.717) is 11.6 Å². The Hall–Kier alpha value is -0.0500. The van der Waals surface area contributed by atoms with Gasteiger partial charge in [0.2, 0.25) is 0 Å². The third-order valence-corrected chi connectivity index (χ3v) is 3.21. The van der Waals surface area contributed by atoms with Gasteiger partial charge in [-0.05, 0) is 12.3 Å². The van der Waals surface area contributed by atoms with Gasteiger partial charge in [-0.3, -0.25) is 4.90 Å². The highest BCUT2D eigenvalue weighted by molar-refractivity contribution is 6.29. The van der Waals surface area contributed by atoms with Crippen LogP contribution in [0, 0.1) is 11.3 Å². The lowest BCUT2D eigenvalue weighted by atomic mass is 10.1. The van der Waals surface area contributed by atoms with E-state index in [1.165, 1.54) is 6.42 Å². The molecule has 0 spiro atoms. The van der Waals surface area contributed by atoms with E-state index in [4.69, 9.17) is 16.7 Å². The third kappa shape index (κ3) is 1.28. The van der Waals surface area contributed by atoms with Crippen LogP contribution >= 0.6 is 11.6 Å². The van der Waals surface area contributed by atoms with Crippen LogP contribution in [-0.2, 0) is 0 Å². The van der Waals surface area contributed by atoms with Gasteiger partial charge < -0.3 is 5.11 Å². The smallest absolute Gasteiger partial charge is 0.0502 e. The average Bonchev–Trinajstić information content (AvgIpc) is 2.54. The highest BCUT2D eigenvalue weighted by Gasteiger charge is 2.59. The van der Waals surface area contributed by atoms with Crippen LogP contribution in [-0.4, -0.2) is 36.2 Å². The van der Waals surface area contributed by atoms with Crippen molar-refractivity contribution in [1.82, 2.24) is 4.90 Å². The first kappa shape index (κ1) is 8.54. The van der Waals surface area contributed by atoms with Crippen LogP contribution < -0.4 is 0 Å². The Bertz CT molecular complexity index is 215. The number of nitrogens with zero attached hydrogens (tertiary/aromatic N) is 1. The molecule has 0 amide bonds. The van der Waals surface area contributed by atoms with Gasteiger partial charge in [-0.1, -0.05) is 18.2 Å². The normalized spacial score (nSPS) is 39.7. The Morgan fingerprint density at radius 3 is 3.00 bits per heavy atom. The monoisotopic (exact) mass is 187 g/mol. The first-order valence-corrected chi connectivity index (χ1v) is 4.70. The van der Waals surface area contributed by atoms with Crippen molar-refractivity contribution in [2.45, 2.75) is 6.42 Å². The predicted octanol–water partition coefficient (Wildman–Crippen LogP) is 1.05. The molecule has 2 nitrogen and oxygen atoms in total. The van der Waals surface area contributed by atoms with E-state index in [0.717, 1.165) is 25.6 Å². The summed E-state index contributed by atoms with van der Waals surface area (Å²) in [5.41, 5.74) is 0.242. The minimum atomic E-state index is 0.242. The molecular weight excluding hydrogens is 174 g/mol. The van der Waals surface area contributed by atoms with Gasteiger partial charge in [0.05, 0.1) is 6.61 Å².